The van der Waals surface area contributed by atoms with Gasteiger partial charge in [-0.15, -0.1) is 16.4 Å². The maximum absolute atomic E-state index is 11.3. The number of thiazole rings is 1. The molecule has 0 aliphatic carbocycles. The van der Waals surface area contributed by atoms with Gasteiger partial charge in [-0.05, 0) is 0 Å². The number of aryl methyl sites for hydroxylation is 1. The highest BCUT2D eigenvalue weighted by Crippen LogP contribution is 2.21. The lowest BCUT2D eigenvalue weighted by Gasteiger charge is -2.05. The topological polar surface area (TPSA) is 98.7 Å². The molecular formula is C11H10N6O2S. The van der Waals surface area contributed by atoms with Crippen LogP contribution in [0.1, 0.15) is 15.5 Å². The largest absolute Gasteiger partial charge is 0.476 e. The summed E-state index contributed by atoms with van der Waals surface area (Å²) < 4.78 is 3.23. The molecule has 0 aliphatic rings. The number of carboxylic acids is 1. The van der Waals surface area contributed by atoms with Crippen LogP contribution in [0.5, 0.6) is 0 Å². The molecule has 3 heterocycles. The fourth-order valence-corrected chi connectivity index (χ4v) is 2.44. The Morgan fingerprint density at radius 2 is 2.25 bits per heavy atom. The Morgan fingerprint density at radius 3 is 2.85 bits per heavy atom. The first-order valence-corrected chi connectivity index (χ1v) is 6.57. The van der Waals surface area contributed by atoms with E-state index in [2.05, 4.69) is 20.3 Å². The molecule has 3 rings (SSSR count). The van der Waals surface area contributed by atoms with Crippen molar-refractivity contribution in [1.82, 2.24) is 29.5 Å². The van der Waals surface area contributed by atoms with E-state index < -0.39 is 5.97 Å². The highest BCUT2D eigenvalue weighted by molar-refractivity contribution is 7.09. The van der Waals surface area contributed by atoms with E-state index in [1.54, 1.807) is 30.2 Å². The van der Waals surface area contributed by atoms with Crippen LogP contribution in [0.3, 0.4) is 0 Å². The Balaban J connectivity index is 2.11. The minimum Gasteiger partial charge on any atom is -0.476 e. The highest BCUT2D eigenvalue weighted by atomic mass is 32.1. The van der Waals surface area contributed by atoms with Crippen LogP contribution in [-0.4, -0.2) is 40.6 Å². The summed E-state index contributed by atoms with van der Waals surface area (Å²) in [5, 5.41) is 19.5. The van der Waals surface area contributed by atoms with Crippen molar-refractivity contribution in [2.75, 3.05) is 0 Å². The molecule has 8 nitrogen and oxygen atoms in total. The summed E-state index contributed by atoms with van der Waals surface area (Å²) in [6.07, 6.45) is 5.03. The van der Waals surface area contributed by atoms with Gasteiger partial charge in [0.25, 0.3) is 0 Å². The van der Waals surface area contributed by atoms with E-state index in [9.17, 15) is 9.90 Å². The molecule has 0 aromatic carbocycles. The van der Waals surface area contributed by atoms with E-state index in [1.165, 1.54) is 16.0 Å². The summed E-state index contributed by atoms with van der Waals surface area (Å²) in [6, 6.07) is 0. The quantitative estimate of drug-likeness (QED) is 0.766. The molecule has 3 aromatic heterocycles. The Hall–Kier alpha value is -2.55. The average Bonchev–Trinajstić information content (AvgIpc) is 3.10. The molecule has 0 fully saturated rings. The van der Waals surface area contributed by atoms with E-state index in [0.717, 1.165) is 5.01 Å². The van der Waals surface area contributed by atoms with E-state index >= 15 is 0 Å². The van der Waals surface area contributed by atoms with Gasteiger partial charge in [0.2, 0.25) is 5.69 Å². The van der Waals surface area contributed by atoms with Crippen molar-refractivity contribution in [3.05, 3.63) is 34.7 Å². The molecular weight excluding hydrogens is 280 g/mol. The minimum atomic E-state index is -1.13. The molecule has 102 valence electrons. The maximum atomic E-state index is 11.3. The molecule has 0 atom stereocenters. The third-order valence-corrected chi connectivity index (χ3v) is 3.50. The van der Waals surface area contributed by atoms with Gasteiger partial charge in [0, 0.05) is 31.0 Å². The van der Waals surface area contributed by atoms with Crippen molar-refractivity contribution in [3.63, 3.8) is 0 Å². The second-order valence-corrected chi connectivity index (χ2v) is 5.02. The number of nitrogens with zero attached hydrogens (tertiary/aromatic N) is 6. The summed E-state index contributed by atoms with van der Waals surface area (Å²) in [5.74, 6) is -0.627. The summed E-state index contributed by atoms with van der Waals surface area (Å²) in [5.41, 5.74) is 0.260. The zero-order valence-electron chi connectivity index (χ0n) is 10.5. The normalized spacial score (nSPS) is 10.8. The van der Waals surface area contributed by atoms with Crippen molar-refractivity contribution < 1.29 is 9.90 Å². The zero-order valence-corrected chi connectivity index (χ0v) is 11.3. The van der Waals surface area contributed by atoms with Crippen molar-refractivity contribution in [3.8, 4) is 11.5 Å². The number of aromatic nitrogens is 6. The molecule has 0 saturated heterocycles. The third kappa shape index (κ3) is 2.07. The van der Waals surface area contributed by atoms with Gasteiger partial charge in [-0.2, -0.15) is 0 Å². The molecule has 3 aromatic rings. The van der Waals surface area contributed by atoms with E-state index in [1.807, 2.05) is 5.38 Å². The van der Waals surface area contributed by atoms with Crippen LogP contribution in [0.25, 0.3) is 11.5 Å². The number of hydrogen-bond acceptors (Lipinski definition) is 6. The van der Waals surface area contributed by atoms with Gasteiger partial charge < -0.3 is 9.67 Å². The second-order valence-electron chi connectivity index (χ2n) is 4.04. The fourth-order valence-electron chi connectivity index (χ4n) is 1.84. The molecule has 0 unspecified atom stereocenters. The Kier molecular flexibility index (Phi) is 3.03. The Morgan fingerprint density at radius 1 is 1.40 bits per heavy atom. The van der Waals surface area contributed by atoms with Gasteiger partial charge in [-0.3, -0.25) is 0 Å². The van der Waals surface area contributed by atoms with E-state index in [0.29, 0.717) is 18.1 Å². The van der Waals surface area contributed by atoms with Gasteiger partial charge in [-0.25, -0.2) is 19.4 Å². The summed E-state index contributed by atoms with van der Waals surface area (Å²) in [7, 11) is 1.79. The first-order chi connectivity index (χ1) is 9.66. The fraction of sp³-hybridized carbons (Fsp3) is 0.182. The van der Waals surface area contributed by atoms with Crippen molar-refractivity contribution in [2.45, 2.75) is 6.54 Å². The van der Waals surface area contributed by atoms with Crippen LogP contribution in [0, 0.1) is 0 Å². The number of carbonyl (C=O) groups is 1. The minimum absolute atomic E-state index is 0.115. The molecule has 9 heteroatoms. The molecule has 0 spiro atoms. The van der Waals surface area contributed by atoms with E-state index in [-0.39, 0.29) is 5.69 Å². The smallest absolute Gasteiger partial charge is 0.358 e. The molecule has 0 radical (unpaired) electrons. The standard InChI is InChI=1S/C11H10N6O2S/c1-16-4-2-13-10(16)9-8(11(18)19)14-15-17(9)6-7-12-3-5-20-7/h2-5H,6H2,1H3,(H,18,19). The SMILES string of the molecule is Cn1ccnc1-c1c(C(=O)O)nnn1Cc1nccs1. The molecule has 0 amide bonds. The Bertz CT molecular complexity index is 745. The molecule has 1 N–H and O–H groups in total. The summed E-state index contributed by atoms with van der Waals surface area (Å²) in [6.45, 7) is 0.361. The van der Waals surface area contributed by atoms with Crippen LogP contribution in [0.2, 0.25) is 0 Å². The molecule has 20 heavy (non-hydrogen) atoms. The number of imidazole rings is 1. The van der Waals surface area contributed by atoms with Crippen LogP contribution in [-0.2, 0) is 13.6 Å². The summed E-state index contributed by atoms with van der Waals surface area (Å²) >= 11 is 1.47. The number of hydrogen-bond donors (Lipinski definition) is 1. The van der Waals surface area contributed by atoms with Crippen LogP contribution in [0.15, 0.2) is 24.0 Å². The number of aromatic carboxylic acids is 1. The number of rotatable bonds is 4. The zero-order chi connectivity index (χ0) is 14.1. The summed E-state index contributed by atoms with van der Waals surface area (Å²) in [4.78, 5) is 19.6. The molecule has 0 aliphatic heterocycles. The molecule has 0 bridgehead atoms. The highest BCUT2D eigenvalue weighted by Gasteiger charge is 2.23. The van der Waals surface area contributed by atoms with Crippen molar-refractivity contribution in [2.24, 2.45) is 7.05 Å². The lowest BCUT2D eigenvalue weighted by atomic mass is 10.3. The van der Waals surface area contributed by atoms with Crippen molar-refractivity contribution >= 4 is 17.3 Å². The third-order valence-electron chi connectivity index (χ3n) is 2.74. The lowest BCUT2D eigenvalue weighted by molar-refractivity contribution is 0.0691. The number of carboxylic acid groups (broad SMARTS) is 1. The average molecular weight is 290 g/mol. The van der Waals surface area contributed by atoms with Crippen molar-refractivity contribution in [1.29, 1.82) is 0 Å². The van der Waals surface area contributed by atoms with Gasteiger partial charge in [0.15, 0.2) is 5.82 Å². The van der Waals surface area contributed by atoms with Gasteiger partial charge in [0.1, 0.15) is 10.7 Å². The molecule has 0 saturated carbocycles. The van der Waals surface area contributed by atoms with Gasteiger partial charge in [0.05, 0.1) is 6.54 Å². The van der Waals surface area contributed by atoms with Crippen LogP contribution >= 0.6 is 11.3 Å². The van der Waals surface area contributed by atoms with Crippen LogP contribution in [0.4, 0.5) is 0 Å². The van der Waals surface area contributed by atoms with Crippen LogP contribution < -0.4 is 0 Å². The van der Waals surface area contributed by atoms with Gasteiger partial charge >= 0.3 is 5.97 Å². The van der Waals surface area contributed by atoms with E-state index in [4.69, 9.17) is 0 Å². The maximum Gasteiger partial charge on any atom is 0.358 e. The lowest BCUT2D eigenvalue weighted by Crippen LogP contribution is -2.08. The first kappa shape index (κ1) is 12.5. The van der Waals surface area contributed by atoms with Gasteiger partial charge in [-0.1, -0.05) is 5.21 Å². The first-order valence-electron chi connectivity index (χ1n) is 5.69. The second kappa shape index (κ2) is 4.85. The predicted molar refractivity (Wildman–Crippen MR) is 70.4 cm³/mol. The monoisotopic (exact) mass is 290 g/mol. The predicted octanol–water partition coefficient (Wildman–Crippen LogP) is 0.882. The Labute approximate surface area is 117 Å².